The SMILES string of the molecule is Cc1c(-c2ccccc2)sc(-c2ccccc2)c1-c1nc(-c2ccccc2)sc1-c1c(-c2ccccc2)sc(-c2ccccc2)c1C. The van der Waals surface area contributed by atoms with Crippen LogP contribution >= 0.6 is 34.0 Å². The molecule has 0 bridgehead atoms. The molecule has 0 aliphatic rings. The van der Waals surface area contributed by atoms with Gasteiger partial charge in [0.05, 0.1) is 10.6 Å². The predicted molar refractivity (Wildman–Crippen MR) is 205 cm³/mol. The Labute approximate surface area is 288 Å². The fraction of sp³-hybridized carbons (Fsp3) is 0.0465. The molecule has 5 aromatic carbocycles. The molecule has 47 heavy (non-hydrogen) atoms. The lowest BCUT2D eigenvalue weighted by molar-refractivity contribution is 1.38. The largest absolute Gasteiger partial charge is 0.235 e. The summed E-state index contributed by atoms with van der Waals surface area (Å²) in [5, 5.41) is 1.03. The van der Waals surface area contributed by atoms with Crippen LogP contribution in [0.15, 0.2) is 152 Å². The van der Waals surface area contributed by atoms with Crippen LogP contribution in [0.2, 0.25) is 0 Å². The maximum atomic E-state index is 5.57. The molecular formula is C43H31NS3. The molecule has 0 spiro atoms. The third kappa shape index (κ3) is 5.49. The van der Waals surface area contributed by atoms with Gasteiger partial charge in [0, 0.05) is 36.2 Å². The van der Waals surface area contributed by atoms with Crippen molar-refractivity contribution in [2.24, 2.45) is 0 Å². The van der Waals surface area contributed by atoms with E-state index in [1.54, 1.807) is 0 Å². The standard InChI is InChI=1S/C43H31NS3/c1-28-35(40(32-22-12-5-13-23-32)45-38(28)30-18-8-3-9-19-30)37-42(47-43(44-37)34-26-16-7-17-27-34)36-29(2)39(31-20-10-4-11-21-31)46-41(36)33-24-14-6-15-25-33/h3-27H,1-2H3. The second kappa shape index (κ2) is 12.7. The first kappa shape index (κ1) is 29.5. The Morgan fingerprint density at radius 3 is 1.11 bits per heavy atom. The van der Waals surface area contributed by atoms with Gasteiger partial charge in [-0.1, -0.05) is 152 Å². The zero-order chi connectivity index (χ0) is 31.7. The number of thiophene rings is 2. The number of benzene rings is 5. The van der Waals surface area contributed by atoms with E-state index in [9.17, 15) is 0 Å². The van der Waals surface area contributed by atoms with Crippen molar-refractivity contribution in [3.63, 3.8) is 0 Å². The molecule has 0 saturated heterocycles. The molecule has 0 radical (unpaired) electrons. The van der Waals surface area contributed by atoms with Gasteiger partial charge in [-0.15, -0.1) is 34.0 Å². The molecule has 8 rings (SSSR count). The maximum absolute atomic E-state index is 5.57. The lowest BCUT2D eigenvalue weighted by atomic mass is 9.95. The minimum Gasteiger partial charge on any atom is -0.235 e. The van der Waals surface area contributed by atoms with Crippen LogP contribution in [0.3, 0.4) is 0 Å². The van der Waals surface area contributed by atoms with Gasteiger partial charge in [-0.3, -0.25) is 0 Å². The number of hydrogen-bond acceptors (Lipinski definition) is 4. The van der Waals surface area contributed by atoms with Crippen molar-refractivity contribution in [3.05, 3.63) is 163 Å². The topological polar surface area (TPSA) is 12.9 Å². The highest BCUT2D eigenvalue weighted by Crippen LogP contribution is 2.55. The first-order chi connectivity index (χ1) is 23.2. The van der Waals surface area contributed by atoms with Crippen LogP contribution in [0.25, 0.3) is 74.0 Å². The van der Waals surface area contributed by atoms with E-state index >= 15 is 0 Å². The molecule has 0 N–H and O–H groups in total. The zero-order valence-corrected chi connectivity index (χ0v) is 28.6. The van der Waals surface area contributed by atoms with Gasteiger partial charge in [0.2, 0.25) is 0 Å². The maximum Gasteiger partial charge on any atom is 0.124 e. The molecule has 1 nitrogen and oxygen atoms in total. The summed E-state index contributed by atoms with van der Waals surface area (Å²) in [6.45, 7) is 4.57. The molecular weight excluding hydrogens is 627 g/mol. The molecule has 0 fully saturated rings. The lowest BCUT2D eigenvalue weighted by Gasteiger charge is -2.10. The summed E-state index contributed by atoms with van der Waals surface area (Å²) in [5.74, 6) is 0. The summed E-state index contributed by atoms with van der Waals surface area (Å²) in [6, 6.07) is 53.9. The minimum atomic E-state index is 1.03. The minimum absolute atomic E-state index is 1.03. The summed E-state index contributed by atoms with van der Waals surface area (Å²) >= 11 is 5.56. The van der Waals surface area contributed by atoms with Crippen molar-refractivity contribution in [1.82, 2.24) is 4.98 Å². The third-order valence-corrected chi connectivity index (χ3v) is 12.5. The van der Waals surface area contributed by atoms with Gasteiger partial charge in [0.1, 0.15) is 5.01 Å². The number of thiazole rings is 1. The van der Waals surface area contributed by atoms with E-state index in [-0.39, 0.29) is 0 Å². The Morgan fingerprint density at radius 2 is 0.681 bits per heavy atom. The highest BCUT2D eigenvalue weighted by Gasteiger charge is 2.29. The highest BCUT2D eigenvalue weighted by molar-refractivity contribution is 7.22. The van der Waals surface area contributed by atoms with Crippen LogP contribution in [0, 0.1) is 13.8 Å². The molecule has 0 saturated carbocycles. The Hall–Kier alpha value is -4.87. The molecule has 0 aliphatic heterocycles. The summed E-state index contributed by atoms with van der Waals surface area (Å²) in [7, 11) is 0. The van der Waals surface area contributed by atoms with Crippen LogP contribution in [-0.2, 0) is 0 Å². The first-order valence-corrected chi connectivity index (χ1v) is 18.2. The third-order valence-electron chi connectivity index (χ3n) is 8.55. The van der Waals surface area contributed by atoms with E-state index in [4.69, 9.17) is 4.98 Å². The average molecular weight is 658 g/mol. The summed E-state index contributed by atoms with van der Waals surface area (Å²) in [4.78, 5) is 11.9. The summed E-state index contributed by atoms with van der Waals surface area (Å²) < 4.78 is 0. The molecule has 3 heterocycles. The van der Waals surface area contributed by atoms with Crippen molar-refractivity contribution in [2.45, 2.75) is 13.8 Å². The van der Waals surface area contributed by atoms with Crippen molar-refractivity contribution in [2.75, 3.05) is 0 Å². The van der Waals surface area contributed by atoms with Crippen molar-refractivity contribution < 1.29 is 0 Å². The summed E-state index contributed by atoms with van der Waals surface area (Å²) in [5.41, 5.74) is 12.2. The van der Waals surface area contributed by atoms with Gasteiger partial charge in [-0.2, -0.15) is 0 Å². The van der Waals surface area contributed by atoms with Gasteiger partial charge in [0.25, 0.3) is 0 Å². The number of nitrogens with zero attached hydrogens (tertiary/aromatic N) is 1. The quantitative estimate of drug-likeness (QED) is 0.166. The number of hydrogen-bond donors (Lipinski definition) is 0. The predicted octanol–water partition coefficient (Wildman–Crippen LogP) is 13.6. The molecule has 0 amide bonds. The first-order valence-electron chi connectivity index (χ1n) is 15.7. The number of rotatable bonds is 7. The Balaban J connectivity index is 1.46. The van der Waals surface area contributed by atoms with E-state index in [1.807, 2.05) is 34.0 Å². The van der Waals surface area contributed by atoms with Crippen LogP contribution in [0.4, 0.5) is 0 Å². The second-order valence-corrected chi connectivity index (χ2v) is 14.6. The van der Waals surface area contributed by atoms with Crippen molar-refractivity contribution in [3.8, 4) is 74.0 Å². The molecule has 8 aromatic rings. The van der Waals surface area contributed by atoms with Crippen molar-refractivity contribution >= 4 is 34.0 Å². The second-order valence-electron chi connectivity index (χ2n) is 11.5. The van der Waals surface area contributed by atoms with Gasteiger partial charge in [-0.25, -0.2) is 4.98 Å². The van der Waals surface area contributed by atoms with Gasteiger partial charge >= 0.3 is 0 Å². The van der Waals surface area contributed by atoms with Gasteiger partial charge in [0.15, 0.2) is 0 Å². The fourth-order valence-corrected chi connectivity index (χ4v) is 10.2. The van der Waals surface area contributed by atoms with Gasteiger partial charge in [-0.05, 0) is 47.2 Å². The summed E-state index contributed by atoms with van der Waals surface area (Å²) in [6.07, 6.45) is 0. The molecule has 3 aromatic heterocycles. The van der Waals surface area contributed by atoms with Crippen LogP contribution in [0.5, 0.6) is 0 Å². The van der Waals surface area contributed by atoms with Crippen LogP contribution < -0.4 is 0 Å². The van der Waals surface area contributed by atoms with Crippen LogP contribution in [-0.4, -0.2) is 4.98 Å². The van der Waals surface area contributed by atoms with E-state index in [0.29, 0.717) is 0 Å². The molecule has 4 heteroatoms. The Morgan fingerprint density at radius 1 is 0.340 bits per heavy atom. The van der Waals surface area contributed by atoms with E-state index in [1.165, 1.54) is 68.9 Å². The fourth-order valence-electron chi connectivity index (χ4n) is 6.26. The van der Waals surface area contributed by atoms with E-state index in [0.717, 1.165) is 16.3 Å². The molecule has 0 atom stereocenters. The monoisotopic (exact) mass is 657 g/mol. The van der Waals surface area contributed by atoms with Gasteiger partial charge < -0.3 is 0 Å². The van der Waals surface area contributed by atoms with Crippen molar-refractivity contribution in [1.29, 1.82) is 0 Å². The molecule has 0 unspecified atom stereocenters. The average Bonchev–Trinajstić information content (AvgIpc) is 3.83. The van der Waals surface area contributed by atoms with Crippen LogP contribution in [0.1, 0.15) is 11.1 Å². The number of aromatic nitrogens is 1. The zero-order valence-electron chi connectivity index (χ0n) is 26.1. The van der Waals surface area contributed by atoms with E-state index in [2.05, 4.69) is 166 Å². The van der Waals surface area contributed by atoms with E-state index < -0.39 is 0 Å². The molecule has 0 aliphatic carbocycles. The lowest BCUT2D eigenvalue weighted by Crippen LogP contribution is -1.89. The Bertz CT molecular complexity index is 2140. The smallest absolute Gasteiger partial charge is 0.124 e. The Kier molecular flexibility index (Phi) is 8.00. The highest BCUT2D eigenvalue weighted by atomic mass is 32.1. The normalized spacial score (nSPS) is 11.2. The molecule has 226 valence electrons.